The normalized spacial score (nSPS) is 15.3. The maximum atomic E-state index is 9.05. The molecule has 84 valence electrons. The Morgan fingerprint density at radius 3 is 2.20 bits per heavy atom. The van der Waals surface area contributed by atoms with Crippen molar-refractivity contribution in [3.8, 4) is 0 Å². The van der Waals surface area contributed by atoms with Gasteiger partial charge in [0.05, 0.1) is 6.61 Å². The molecule has 0 radical (unpaired) electrons. The van der Waals surface area contributed by atoms with E-state index in [-0.39, 0.29) is 12.6 Å². The van der Waals surface area contributed by atoms with Gasteiger partial charge in [-0.1, -0.05) is 44.2 Å². The van der Waals surface area contributed by atoms with E-state index in [1.165, 1.54) is 5.56 Å². The zero-order valence-electron chi connectivity index (χ0n) is 9.77. The molecule has 0 fully saturated rings. The average molecular weight is 207 g/mol. The van der Waals surface area contributed by atoms with Gasteiger partial charge in [0.1, 0.15) is 0 Å². The van der Waals surface area contributed by atoms with Gasteiger partial charge in [0.25, 0.3) is 0 Å². The first kappa shape index (κ1) is 12.2. The molecule has 0 aliphatic carbocycles. The second-order valence-electron chi connectivity index (χ2n) is 4.38. The van der Waals surface area contributed by atoms with Gasteiger partial charge in [-0.05, 0) is 18.4 Å². The summed E-state index contributed by atoms with van der Waals surface area (Å²) in [7, 11) is 0. The Labute approximate surface area is 92.3 Å². The van der Waals surface area contributed by atoms with Crippen molar-refractivity contribution in [2.45, 2.75) is 32.9 Å². The lowest BCUT2D eigenvalue weighted by molar-refractivity contribution is 0.229. The first-order valence-corrected chi connectivity index (χ1v) is 5.57. The molecule has 15 heavy (non-hydrogen) atoms. The Morgan fingerprint density at radius 2 is 1.73 bits per heavy atom. The summed E-state index contributed by atoms with van der Waals surface area (Å²) in [4.78, 5) is 0. The molecule has 0 heterocycles. The van der Waals surface area contributed by atoms with Crippen LogP contribution >= 0.6 is 0 Å². The van der Waals surface area contributed by atoms with E-state index < -0.39 is 0 Å². The van der Waals surface area contributed by atoms with Crippen LogP contribution in [0.3, 0.4) is 0 Å². The van der Waals surface area contributed by atoms with Gasteiger partial charge in [0.2, 0.25) is 0 Å². The standard InChI is InChI=1S/C13H21NO/c1-10(2)13(14-11(3)9-15)12-7-5-4-6-8-12/h4-8,10-11,13-15H,9H2,1-3H3/t11-,13?/m0/s1. The molecule has 0 spiro atoms. The quantitative estimate of drug-likeness (QED) is 0.777. The van der Waals surface area contributed by atoms with Crippen LogP contribution in [0.25, 0.3) is 0 Å². The number of aliphatic hydroxyl groups excluding tert-OH is 1. The Hall–Kier alpha value is -0.860. The molecule has 2 N–H and O–H groups in total. The Morgan fingerprint density at radius 1 is 1.13 bits per heavy atom. The second-order valence-corrected chi connectivity index (χ2v) is 4.38. The summed E-state index contributed by atoms with van der Waals surface area (Å²) < 4.78 is 0. The van der Waals surface area contributed by atoms with E-state index in [1.807, 2.05) is 13.0 Å². The lowest BCUT2D eigenvalue weighted by Crippen LogP contribution is -2.35. The first-order valence-electron chi connectivity index (χ1n) is 5.57. The zero-order valence-corrected chi connectivity index (χ0v) is 9.77. The minimum Gasteiger partial charge on any atom is -0.395 e. The molecule has 0 bridgehead atoms. The summed E-state index contributed by atoms with van der Waals surface area (Å²) in [6.07, 6.45) is 0. The first-order chi connectivity index (χ1) is 7.15. The van der Waals surface area contributed by atoms with Crippen LogP contribution in [-0.4, -0.2) is 17.8 Å². The molecule has 0 amide bonds. The predicted octanol–water partition coefficient (Wildman–Crippen LogP) is 2.35. The van der Waals surface area contributed by atoms with E-state index in [0.29, 0.717) is 12.0 Å². The van der Waals surface area contributed by atoms with Crippen LogP contribution in [0.1, 0.15) is 32.4 Å². The fourth-order valence-corrected chi connectivity index (χ4v) is 1.69. The molecule has 0 aromatic heterocycles. The molecule has 2 nitrogen and oxygen atoms in total. The highest BCUT2D eigenvalue weighted by atomic mass is 16.3. The van der Waals surface area contributed by atoms with Crippen LogP contribution in [-0.2, 0) is 0 Å². The molecule has 1 aromatic carbocycles. The molecule has 0 saturated heterocycles. The van der Waals surface area contributed by atoms with E-state index in [9.17, 15) is 0 Å². The van der Waals surface area contributed by atoms with Gasteiger partial charge in [-0.15, -0.1) is 0 Å². The summed E-state index contributed by atoms with van der Waals surface area (Å²) in [5, 5.41) is 12.5. The van der Waals surface area contributed by atoms with Crippen molar-refractivity contribution in [2.75, 3.05) is 6.61 Å². The van der Waals surface area contributed by atoms with E-state index in [4.69, 9.17) is 5.11 Å². The smallest absolute Gasteiger partial charge is 0.0582 e. The van der Waals surface area contributed by atoms with Crippen LogP contribution < -0.4 is 5.32 Å². The fraction of sp³-hybridized carbons (Fsp3) is 0.538. The highest BCUT2D eigenvalue weighted by molar-refractivity contribution is 5.19. The molecule has 2 atom stereocenters. The minimum absolute atomic E-state index is 0.137. The predicted molar refractivity (Wildman–Crippen MR) is 63.7 cm³/mol. The van der Waals surface area contributed by atoms with E-state index >= 15 is 0 Å². The molecule has 1 aromatic rings. The number of benzene rings is 1. The number of nitrogens with one attached hydrogen (secondary N) is 1. The molecule has 1 unspecified atom stereocenters. The Bertz CT molecular complexity index is 271. The summed E-state index contributed by atoms with van der Waals surface area (Å²) in [6, 6.07) is 10.8. The van der Waals surface area contributed by atoms with Gasteiger partial charge in [-0.25, -0.2) is 0 Å². The van der Waals surface area contributed by atoms with Gasteiger partial charge in [0, 0.05) is 12.1 Å². The van der Waals surface area contributed by atoms with Crippen molar-refractivity contribution in [2.24, 2.45) is 5.92 Å². The largest absolute Gasteiger partial charge is 0.395 e. The molecular formula is C13H21NO. The van der Waals surface area contributed by atoms with Gasteiger partial charge in [0.15, 0.2) is 0 Å². The number of aliphatic hydroxyl groups is 1. The summed E-state index contributed by atoms with van der Waals surface area (Å²) >= 11 is 0. The highest BCUT2D eigenvalue weighted by Gasteiger charge is 2.16. The summed E-state index contributed by atoms with van der Waals surface area (Å²) in [6.45, 7) is 6.55. The van der Waals surface area contributed by atoms with Crippen LogP contribution in [0.2, 0.25) is 0 Å². The summed E-state index contributed by atoms with van der Waals surface area (Å²) in [5.74, 6) is 0.515. The monoisotopic (exact) mass is 207 g/mol. The van der Waals surface area contributed by atoms with Gasteiger partial charge >= 0.3 is 0 Å². The molecular weight excluding hydrogens is 186 g/mol. The number of hydrogen-bond donors (Lipinski definition) is 2. The van der Waals surface area contributed by atoms with Gasteiger partial charge < -0.3 is 10.4 Å². The van der Waals surface area contributed by atoms with Crippen molar-refractivity contribution in [1.82, 2.24) is 5.32 Å². The molecule has 0 aliphatic rings. The Balaban J connectivity index is 2.75. The molecule has 1 rings (SSSR count). The topological polar surface area (TPSA) is 32.3 Å². The maximum absolute atomic E-state index is 9.05. The SMILES string of the molecule is CC(C)C(N[C@@H](C)CO)c1ccccc1. The maximum Gasteiger partial charge on any atom is 0.0582 e. The summed E-state index contributed by atoms with van der Waals surface area (Å²) in [5.41, 5.74) is 1.28. The van der Waals surface area contributed by atoms with Crippen LogP contribution in [0.15, 0.2) is 30.3 Å². The second kappa shape index (κ2) is 5.89. The van der Waals surface area contributed by atoms with Crippen molar-refractivity contribution >= 4 is 0 Å². The highest BCUT2D eigenvalue weighted by Crippen LogP contribution is 2.21. The van der Waals surface area contributed by atoms with Gasteiger partial charge in [-0.3, -0.25) is 0 Å². The van der Waals surface area contributed by atoms with Crippen molar-refractivity contribution in [3.05, 3.63) is 35.9 Å². The fourth-order valence-electron chi connectivity index (χ4n) is 1.69. The van der Waals surface area contributed by atoms with Crippen molar-refractivity contribution in [1.29, 1.82) is 0 Å². The van der Waals surface area contributed by atoms with Crippen molar-refractivity contribution < 1.29 is 5.11 Å². The van der Waals surface area contributed by atoms with Crippen LogP contribution in [0.4, 0.5) is 0 Å². The lowest BCUT2D eigenvalue weighted by Gasteiger charge is -2.26. The van der Waals surface area contributed by atoms with Crippen LogP contribution in [0.5, 0.6) is 0 Å². The minimum atomic E-state index is 0.137. The Kier molecular flexibility index (Phi) is 4.79. The van der Waals surface area contributed by atoms with Crippen molar-refractivity contribution in [3.63, 3.8) is 0 Å². The van der Waals surface area contributed by atoms with E-state index in [1.54, 1.807) is 0 Å². The van der Waals surface area contributed by atoms with E-state index in [2.05, 4.69) is 43.4 Å². The molecule has 2 heteroatoms. The molecule has 0 aliphatic heterocycles. The van der Waals surface area contributed by atoms with Crippen LogP contribution in [0, 0.1) is 5.92 Å². The third-order valence-electron chi connectivity index (χ3n) is 2.56. The molecule has 0 saturated carbocycles. The average Bonchev–Trinajstić information content (AvgIpc) is 2.26. The lowest BCUT2D eigenvalue weighted by atomic mass is 9.95. The van der Waals surface area contributed by atoms with Gasteiger partial charge in [-0.2, -0.15) is 0 Å². The number of hydrogen-bond acceptors (Lipinski definition) is 2. The van der Waals surface area contributed by atoms with E-state index in [0.717, 1.165) is 0 Å². The zero-order chi connectivity index (χ0) is 11.3. The number of rotatable bonds is 5. The third-order valence-corrected chi connectivity index (χ3v) is 2.56. The third kappa shape index (κ3) is 3.65.